The zero-order valence-corrected chi connectivity index (χ0v) is 11.2. The third-order valence-electron chi connectivity index (χ3n) is 3.64. The first-order chi connectivity index (χ1) is 8.24. The van der Waals surface area contributed by atoms with Crippen LogP contribution in [0.5, 0.6) is 0 Å². The lowest BCUT2D eigenvalue weighted by atomic mass is 10.2. The number of rotatable bonds is 5. The third kappa shape index (κ3) is 2.80. The molecule has 0 spiro atoms. The van der Waals surface area contributed by atoms with Crippen LogP contribution < -0.4 is 5.32 Å². The lowest BCUT2D eigenvalue weighted by Gasteiger charge is -2.23. The van der Waals surface area contributed by atoms with E-state index < -0.39 is 0 Å². The van der Waals surface area contributed by atoms with Gasteiger partial charge in [-0.3, -0.25) is 4.90 Å². The van der Waals surface area contributed by atoms with Crippen molar-refractivity contribution < 1.29 is 0 Å². The highest BCUT2D eigenvalue weighted by molar-refractivity contribution is 5.29. The van der Waals surface area contributed by atoms with Crippen LogP contribution in [-0.4, -0.2) is 40.1 Å². The topological polar surface area (TPSA) is 33.1 Å². The number of nitrogens with zero attached hydrogens (tertiary/aromatic N) is 3. The lowest BCUT2D eigenvalue weighted by molar-refractivity contribution is 0.276. The summed E-state index contributed by atoms with van der Waals surface area (Å²) >= 11 is 0. The van der Waals surface area contributed by atoms with Gasteiger partial charge in [0.25, 0.3) is 0 Å². The first kappa shape index (κ1) is 12.4. The number of imidazole rings is 1. The molecular weight excluding hydrogens is 212 g/mol. The first-order valence-electron chi connectivity index (χ1n) is 6.76. The number of anilines is 1. The maximum absolute atomic E-state index is 4.53. The summed E-state index contributed by atoms with van der Waals surface area (Å²) in [5.74, 6) is 1.02. The molecule has 1 aromatic heterocycles. The molecule has 4 nitrogen and oxygen atoms in total. The average Bonchev–Trinajstić information content (AvgIpc) is 2.91. The van der Waals surface area contributed by atoms with E-state index in [1.807, 2.05) is 6.92 Å². The Morgan fingerprint density at radius 2 is 2.24 bits per heavy atom. The van der Waals surface area contributed by atoms with Crippen LogP contribution in [0, 0.1) is 6.92 Å². The van der Waals surface area contributed by atoms with Crippen molar-refractivity contribution in [3.8, 4) is 0 Å². The fourth-order valence-corrected chi connectivity index (χ4v) is 2.68. The second-order valence-corrected chi connectivity index (χ2v) is 4.80. The van der Waals surface area contributed by atoms with Gasteiger partial charge in [0.05, 0.1) is 5.69 Å². The second kappa shape index (κ2) is 5.54. The van der Waals surface area contributed by atoms with Gasteiger partial charge in [-0.05, 0) is 39.8 Å². The highest BCUT2D eigenvalue weighted by Gasteiger charge is 2.22. The molecule has 4 heteroatoms. The summed E-state index contributed by atoms with van der Waals surface area (Å²) < 4.78 is 2.18. The van der Waals surface area contributed by atoms with Gasteiger partial charge in [-0.15, -0.1) is 0 Å². The molecule has 0 radical (unpaired) electrons. The molecule has 2 heterocycles. The molecule has 1 atom stereocenters. The fourth-order valence-electron chi connectivity index (χ4n) is 2.68. The Morgan fingerprint density at radius 1 is 1.41 bits per heavy atom. The lowest BCUT2D eigenvalue weighted by Crippen LogP contribution is -2.35. The minimum Gasteiger partial charge on any atom is -0.354 e. The molecule has 1 aromatic rings. The van der Waals surface area contributed by atoms with Gasteiger partial charge in [-0.1, -0.05) is 6.92 Å². The van der Waals surface area contributed by atoms with Crippen LogP contribution in [0.3, 0.4) is 0 Å². The summed E-state index contributed by atoms with van der Waals surface area (Å²) in [6.07, 6.45) is 4.75. The van der Waals surface area contributed by atoms with E-state index in [2.05, 4.69) is 39.8 Å². The fraction of sp³-hybridized carbons (Fsp3) is 0.769. The van der Waals surface area contributed by atoms with Crippen molar-refractivity contribution in [3.05, 3.63) is 11.9 Å². The molecule has 1 aliphatic heterocycles. The molecule has 1 N–H and O–H groups in total. The monoisotopic (exact) mass is 236 g/mol. The molecule has 96 valence electrons. The maximum Gasteiger partial charge on any atom is 0.203 e. The summed E-state index contributed by atoms with van der Waals surface area (Å²) in [7, 11) is 0. The molecule has 0 amide bonds. The number of aryl methyl sites for hydroxylation is 2. The van der Waals surface area contributed by atoms with Crippen LogP contribution in [0.15, 0.2) is 6.20 Å². The molecule has 1 saturated heterocycles. The van der Waals surface area contributed by atoms with E-state index >= 15 is 0 Å². The van der Waals surface area contributed by atoms with E-state index in [1.54, 1.807) is 0 Å². The molecule has 0 aromatic carbocycles. The number of likely N-dealkylation sites (N-methyl/N-ethyl adjacent to an activating group) is 1. The van der Waals surface area contributed by atoms with E-state index in [0.29, 0.717) is 6.04 Å². The van der Waals surface area contributed by atoms with Crippen LogP contribution in [0.1, 0.15) is 32.4 Å². The van der Waals surface area contributed by atoms with Crippen LogP contribution in [0.25, 0.3) is 0 Å². The highest BCUT2D eigenvalue weighted by Crippen LogP contribution is 2.17. The number of nitrogens with one attached hydrogen (secondary N) is 1. The van der Waals surface area contributed by atoms with Crippen LogP contribution in [0.2, 0.25) is 0 Å². The normalized spacial score (nSPS) is 21.0. The Hall–Kier alpha value is -1.03. The SMILES string of the molecule is CCN1CCCC1CNc1nc(C)cn1CC. The van der Waals surface area contributed by atoms with Gasteiger partial charge in [0.2, 0.25) is 5.95 Å². The Bertz CT molecular complexity index is 358. The van der Waals surface area contributed by atoms with E-state index in [-0.39, 0.29) is 0 Å². The zero-order chi connectivity index (χ0) is 12.3. The quantitative estimate of drug-likeness (QED) is 0.850. The number of likely N-dealkylation sites (tertiary alicyclic amines) is 1. The molecule has 1 fully saturated rings. The highest BCUT2D eigenvalue weighted by atomic mass is 15.2. The van der Waals surface area contributed by atoms with Crippen molar-refractivity contribution in [1.82, 2.24) is 14.5 Å². The van der Waals surface area contributed by atoms with Crippen LogP contribution >= 0.6 is 0 Å². The van der Waals surface area contributed by atoms with Gasteiger partial charge in [0, 0.05) is 25.3 Å². The Labute approximate surface area is 104 Å². The largest absolute Gasteiger partial charge is 0.354 e. The maximum atomic E-state index is 4.53. The molecule has 0 bridgehead atoms. The smallest absolute Gasteiger partial charge is 0.203 e. The predicted octanol–water partition coefficient (Wildman–Crippen LogP) is 2.11. The van der Waals surface area contributed by atoms with Crippen molar-refractivity contribution in [2.45, 2.75) is 46.2 Å². The number of hydrogen-bond donors (Lipinski definition) is 1. The summed E-state index contributed by atoms with van der Waals surface area (Å²) in [6.45, 7) is 10.9. The summed E-state index contributed by atoms with van der Waals surface area (Å²) in [5, 5.41) is 3.50. The Balaban J connectivity index is 1.92. The van der Waals surface area contributed by atoms with E-state index in [4.69, 9.17) is 0 Å². The van der Waals surface area contributed by atoms with E-state index in [0.717, 1.165) is 31.3 Å². The third-order valence-corrected chi connectivity index (χ3v) is 3.64. The summed E-state index contributed by atoms with van der Waals surface area (Å²) in [5.41, 5.74) is 1.09. The first-order valence-corrected chi connectivity index (χ1v) is 6.76. The second-order valence-electron chi connectivity index (χ2n) is 4.80. The van der Waals surface area contributed by atoms with E-state index in [9.17, 15) is 0 Å². The van der Waals surface area contributed by atoms with Gasteiger partial charge in [0.1, 0.15) is 0 Å². The molecule has 0 saturated carbocycles. The molecule has 17 heavy (non-hydrogen) atoms. The summed E-state index contributed by atoms with van der Waals surface area (Å²) in [6, 6.07) is 0.683. The molecule has 1 aliphatic rings. The van der Waals surface area contributed by atoms with Gasteiger partial charge < -0.3 is 9.88 Å². The minimum atomic E-state index is 0.683. The molecule has 0 aliphatic carbocycles. The van der Waals surface area contributed by atoms with Crippen molar-refractivity contribution >= 4 is 5.95 Å². The Kier molecular flexibility index (Phi) is 4.05. The Morgan fingerprint density at radius 3 is 2.94 bits per heavy atom. The molecular formula is C13H24N4. The minimum absolute atomic E-state index is 0.683. The molecule has 2 rings (SSSR count). The van der Waals surface area contributed by atoms with Crippen LogP contribution in [-0.2, 0) is 6.54 Å². The van der Waals surface area contributed by atoms with Crippen molar-refractivity contribution in [2.75, 3.05) is 25.0 Å². The zero-order valence-electron chi connectivity index (χ0n) is 11.2. The molecule has 1 unspecified atom stereocenters. The van der Waals surface area contributed by atoms with Crippen molar-refractivity contribution in [1.29, 1.82) is 0 Å². The van der Waals surface area contributed by atoms with Gasteiger partial charge >= 0.3 is 0 Å². The van der Waals surface area contributed by atoms with Gasteiger partial charge in [-0.25, -0.2) is 4.98 Å². The average molecular weight is 236 g/mol. The van der Waals surface area contributed by atoms with E-state index in [1.165, 1.54) is 19.4 Å². The van der Waals surface area contributed by atoms with Gasteiger partial charge in [-0.2, -0.15) is 0 Å². The summed E-state index contributed by atoms with van der Waals surface area (Å²) in [4.78, 5) is 7.08. The van der Waals surface area contributed by atoms with Crippen molar-refractivity contribution in [3.63, 3.8) is 0 Å². The van der Waals surface area contributed by atoms with Crippen LogP contribution in [0.4, 0.5) is 5.95 Å². The van der Waals surface area contributed by atoms with Crippen molar-refractivity contribution in [2.24, 2.45) is 0 Å². The number of aromatic nitrogens is 2. The standard InChI is InChI=1S/C13H24N4/c1-4-16-8-6-7-12(16)9-14-13-15-11(3)10-17(13)5-2/h10,12H,4-9H2,1-3H3,(H,14,15). The van der Waals surface area contributed by atoms with Gasteiger partial charge in [0.15, 0.2) is 0 Å². The number of hydrogen-bond acceptors (Lipinski definition) is 3. The predicted molar refractivity (Wildman–Crippen MR) is 71.4 cm³/mol.